The summed E-state index contributed by atoms with van der Waals surface area (Å²) < 4.78 is 0. The van der Waals surface area contributed by atoms with Crippen LogP contribution in [-0.2, 0) is 11.2 Å². The molecular formula is C16H24N4O4S2. The number of nitrogens with zero attached hydrogens (tertiary/aromatic N) is 1. The number of carboxylic acid groups (broad SMARTS) is 1. The Balaban J connectivity index is 2.04. The minimum absolute atomic E-state index is 0.122. The highest BCUT2D eigenvalue weighted by Crippen LogP contribution is 2.19. The Hall–Kier alpha value is -1.94. The molecular weight excluding hydrogens is 376 g/mol. The molecule has 0 aliphatic rings. The standard InChI is InChI=1S/C16H24N4O4S2/c1-2-13-4-3-12(11-20-13)15(22)18-6-5-14(21)17-7-9-25-26-10-8-19-16(23)24/h3-4,11,19H,2,5-10H2,1H3,(H,17,21)(H,18,22)(H,23,24). The highest BCUT2D eigenvalue weighted by molar-refractivity contribution is 8.76. The van der Waals surface area contributed by atoms with E-state index in [0.717, 1.165) is 17.9 Å². The van der Waals surface area contributed by atoms with Crippen LogP contribution in [0.25, 0.3) is 0 Å². The number of amides is 3. The van der Waals surface area contributed by atoms with Crippen molar-refractivity contribution in [3.05, 3.63) is 29.6 Å². The molecule has 0 unspecified atom stereocenters. The van der Waals surface area contributed by atoms with Gasteiger partial charge >= 0.3 is 6.09 Å². The summed E-state index contributed by atoms with van der Waals surface area (Å²) in [6, 6.07) is 3.54. The lowest BCUT2D eigenvalue weighted by Gasteiger charge is -2.07. The summed E-state index contributed by atoms with van der Waals surface area (Å²) in [6.07, 6.45) is 1.55. The fraction of sp³-hybridized carbons (Fsp3) is 0.500. The first-order valence-corrected chi connectivity index (χ1v) is 10.7. The average molecular weight is 401 g/mol. The fourth-order valence-electron chi connectivity index (χ4n) is 1.80. The number of rotatable bonds is 12. The van der Waals surface area contributed by atoms with E-state index in [1.165, 1.54) is 6.20 Å². The zero-order valence-corrected chi connectivity index (χ0v) is 16.3. The van der Waals surface area contributed by atoms with Gasteiger partial charge in [-0.05, 0) is 18.6 Å². The van der Waals surface area contributed by atoms with Crippen molar-refractivity contribution in [3.63, 3.8) is 0 Å². The summed E-state index contributed by atoms with van der Waals surface area (Å²) >= 11 is 0. The largest absolute Gasteiger partial charge is 0.465 e. The van der Waals surface area contributed by atoms with Gasteiger partial charge in [0, 0.05) is 49.5 Å². The first-order chi connectivity index (χ1) is 12.5. The van der Waals surface area contributed by atoms with E-state index >= 15 is 0 Å². The zero-order chi connectivity index (χ0) is 19.2. The second-order valence-corrected chi connectivity index (χ2v) is 7.83. The Morgan fingerprint density at radius 2 is 1.73 bits per heavy atom. The van der Waals surface area contributed by atoms with E-state index in [0.29, 0.717) is 24.4 Å². The molecule has 1 rings (SSSR count). The molecule has 0 aliphatic heterocycles. The van der Waals surface area contributed by atoms with Gasteiger partial charge in [-0.25, -0.2) is 4.79 Å². The molecule has 0 aromatic carbocycles. The van der Waals surface area contributed by atoms with E-state index < -0.39 is 6.09 Å². The topological polar surface area (TPSA) is 120 Å². The molecule has 0 saturated carbocycles. The Morgan fingerprint density at radius 3 is 2.31 bits per heavy atom. The monoisotopic (exact) mass is 400 g/mol. The van der Waals surface area contributed by atoms with Gasteiger partial charge in [0.05, 0.1) is 5.56 Å². The quantitative estimate of drug-likeness (QED) is 0.310. The lowest BCUT2D eigenvalue weighted by molar-refractivity contribution is -0.120. The lowest BCUT2D eigenvalue weighted by Crippen LogP contribution is -2.31. The van der Waals surface area contributed by atoms with Crippen molar-refractivity contribution < 1.29 is 19.5 Å². The number of nitrogens with one attached hydrogen (secondary N) is 3. The number of aromatic nitrogens is 1. The molecule has 10 heteroatoms. The second kappa shape index (κ2) is 13.3. The predicted octanol–water partition coefficient (Wildman–Crippen LogP) is 1.53. The summed E-state index contributed by atoms with van der Waals surface area (Å²) in [6.45, 7) is 3.19. The molecule has 1 heterocycles. The lowest BCUT2D eigenvalue weighted by atomic mass is 10.2. The molecule has 3 amide bonds. The number of carbonyl (C=O) groups excluding carboxylic acids is 2. The Labute approximate surface area is 160 Å². The van der Waals surface area contributed by atoms with Gasteiger partial charge in [-0.1, -0.05) is 28.5 Å². The van der Waals surface area contributed by atoms with Crippen LogP contribution in [0.5, 0.6) is 0 Å². The third kappa shape index (κ3) is 10.1. The number of pyridine rings is 1. The SMILES string of the molecule is CCc1ccc(C(=O)NCCC(=O)NCCSSCCNC(=O)O)cn1. The van der Waals surface area contributed by atoms with Crippen molar-refractivity contribution in [2.45, 2.75) is 19.8 Å². The first-order valence-electron chi connectivity index (χ1n) is 8.24. The number of hydrogen-bond donors (Lipinski definition) is 4. The van der Waals surface area contributed by atoms with Gasteiger partial charge in [0.2, 0.25) is 5.91 Å². The molecule has 1 aromatic rings. The van der Waals surface area contributed by atoms with Crippen LogP contribution in [0.3, 0.4) is 0 Å². The average Bonchev–Trinajstić information content (AvgIpc) is 2.63. The highest BCUT2D eigenvalue weighted by atomic mass is 33.1. The van der Waals surface area contributed by atoms with Gasteiger partial charge in [-0.15, -0.1) is 0 Å². The van der Waals surface area contributed by atoms with E-state index in [4.69, 9.17) is 5.11 Å². The van der Waals surface area contributed by atoms with Crippen LogP contribution in [0, 0.1) is 0 Å². The Morgan fingerprint density at radius 1 is 1.04 bits per heavy atom. The minimum Gasteiger partial charge on any atom is -0.465 e. The van der Waals surface area contributed by atoms with Crippen LogP contribution in [-0.4, -0.2) is 59.1 Å². The van der Waals surface area contributed by atoms with E-state index in [1.54, 1.807) is 27.7 Å². The van der Waals surface area contributed by atoms with Crippen LogP contribution in [0.4, 0.5) is 4.79 Å². The number of hydrogen-bond acceptors (Lipinski definition) is 6. The van der Waals surface area contributed by atoms with Crippen LogP contribution in [0.1, 0.15) is 29.4 Å². The van der Waals surface area contributed by atoms with E-state index in [1.807, 2.05) is 13.0 Å². The smallest absolute Gasteiger partial charge is 0.404 e. The van der Waals surface area contributed by atoms with Crippen LogP contribution < -0.4 is 16.0 Å². The predicted molar refractivity (Wildman–Crippen MR) is 105 cm³/mol. The van der Waals surface area contributed by atoms with Crippen molar-refractivity contribution in [2.24, 2.45) is 0 Å². The van der Waals surface area contributed by atoms with Crippen LogP contribution >= 0.6 is 21.6 Å². The Bertz CT molecular complexity index is 584. The van der Waals surface area contributed by atoms with Gasteiger partial charge in [0.15, 0.2) is 0 Å². The van der Waals surface area contributed by atoms with Crippen molar-refractivity contribution in [3.8, 4) is 0 Å². The minimum atomic E-state index is -1.02. The molecule has 0 atom stereocenters. The zero-order valence-electron chi connectivity index (χ0n) is 14.6. The summed E-state index contributed by atoms with van der Waals surface area (Å²) in [5.74, 6) is 1.04. The molecule has 0 radical (unpaired) electrons. The summed E-state index contributed by atoms with van der Waals surface area (Å²) in [5, 5.41) is 16.2. The number of aryl methyl sites for hydroxylation is 1. The van der Waals surface area contributed by atoms with Crippen molar-refractivity contribution in [1.29, 1.82) is 0 Å². The fourth-order valence-corrected chi connectivity index (χ4v) is 3.61. The van der Waals surface area contributed by atoms with Gasteiger partial charge in [-0.2, -0.15) is 0 Å². The van der Waals surface area contributed by atoms with E-state index in [9.17, 15) is 14.4 Å². The maximum Gasteiger partial charge on any atom is 0.404 e. The molecule has 0 aliphatic carbocycles. The third-order valence-corrected chi connectivity index (χ3v) is 5.55. The van der Waals surface area contributed by atoms with Crippen molar-refractivity contribution in [2.75, 3.05) is 31.1 Å². The molecule has 1 aromatic heterocycles. The second-order valence-electron chi connectivity index (χ2n) is 5.12. The van der Waals surface area contributed by atoms with E-state index in [2.05, 4.69) is 20.9 Å². The molecule has 0 saturated heterocycles. The van der Waals surface area contributed by atoms with Crippen molar-refractivity contribution in [1.82, 2.24) is 20.9 Å². The maximum atomic E-state index is 11.9. The molecule has 26 heavy (non-hydrogen) atoms. The van der Waals surface area contributed by atoms with Gasteiger partial charge < -0.3 is 21.1 Å². The van der Waals surface area contributed by atoms with Gasteiger partial charge in [-0.3, -0.25) is 14.6 Å². The van der Waals surface area contributed by atoms with Crippen LogP contribution in [0.2, 0.25) is 0 Å². The highest BCUT2D eigenvalue weighted by Gasteiger charge is 2.07. The molecule has 0 fully saturated rings. The summed E-state index contributed by atoms with van der Waals surface area (Å²) in [7, 11) is 3.11. The van der Waals surface area contributed by atoms with Crippen LogP contribution in [0.15, 0.2) is 18.3 Å². The summed E-state index contributed by atoms with van der Waals surface area (Å²) in [5.41, 5.74) is 1.41. The first kappa shape index (κ1) is 22.1. The van der Waals surface area contributed by atoms with Gasteiger partial charge in [0.1, 0.15) is 0 Å². The number of carbonyl (C=O) groups is 3. The molecule has 0 spiro atoms. The summed E-state index contributed by atoms with van der Waals surface area (Å²) in [4.78, 5) is 38.0. The maximum absolute atomic E-state index is 11.9. The third-order valence-electron chi connectivity index (χ3n) is 3.14. The van der Waals surface area contributed by atoms with Gasteiger partial charge in [0.25, 0.3) is 5.91 Å². The van der Waals surface area contributed by atoms with E-state index in [-0.39, 0.29) is 24.8 Å². The molecule has 8 nitrogen and oxygen atoms in total. The molecule has 144 valence electrons. The molecule has 4 N–H and O–H groups in total. The Kier molecular flexibility index (Phi) is 11.3. The van der Waals surface area contributed by atoms with Crippen molar-refractivity contribution >= 4 is 39.5 Å². The normalized spacial score (nSPS) is 10.2. The molecule has 0 bridgehead atoms.